The first-order valence-corrected chi connectivity index (χ1v) is 7.65. The molecule has 0 unspecified atom stereocenters. The molecule has 0 fully saturated rings. The molecule has 2 N–H and O–H groups in total. The quantitative estimate of drug-likeness (QED) is 0.307. The molecule has 0 radical (unpaired) electrons. The van der Waals surface area contributed by atoms with Crippen molar-refractivity contribution in [3.05, 3.63) is 63.7 Å². The highest BCUT2D eigenvalue weighted by Gasteiger charge is 2.42. The molecule has 2 aromatic rings. The van der Waals surface area contributed by atoms with Gasteiger partial charge in [0.25, 0.3) is 0 Å². The van der Waals surface area contributed by atoms with Crippen LogP contribution >= 0.6 is 0 Å². The van der Waals surface area contributed by atoms with Gasteiger partial charge in [0.15, 0.2) is 5.78 Å². The molecule has 0 aliphatic rings. The van der Waals surface area contributed by atoms with Crippen LogP contribution in [0.15, 0.2) is 30.3 Å². The van der Waals surface area contributed by atoms with Gasteiger partial charge in [-0.1, -0.05) is 0 Å². The summed E-state index contributed by atoms with van der Waals surface area (Å²) < 4.78 is 156. The van der Waals surface area contributed by atoms with Gasteiger partial charge in [0, 0.05) is 16.8 Å². The molecule has 0 amide bonds. The van der Waals surface area contributed by atoms with Crippen molar-refractivity contribution in [2.45, 2.75) is 24.7 Å². The smallest absolute Gasteiger partial charge is 0.398 e. The van der Waals surface area contributed by atoms with Crippen LogP contribution in [0.2, 0.25) is 0 Å². The molecule has 0 atom stereocenters. The summed E-state index contributed by atoms with van der Waals surface area (Å²) in [5.74, 6) is -2.14. The average molecular weight is 469 g/mol. The molecule has 0 spiro atoms. The molecule has 0 bridgehead atoms. The van der Waals surface area contributed by atoms with E-state index in [1.165, 1.54) is 0 Å². The van der Waals surface area contributed by atoms with Crippen LogP contribution in [0.3, 0.4) is 0 Å². The highest BCUT2D eigenvalue weighted by Crippen LogP contribution is 2.42. The zero-order valence-electron chi connectivity index (χ0n) is 14.4. The fraction of sp³-hybridized carbons (Fsp3) is 0.235. The van der Waals surface area contributed by atoms with Gasteiger partial charge in [0.05, 0.1) is 22.3 Å². The lowest BCUT2D eigenvalue weighted by Gasteiger charge is -2.18. The van der Waals surface area contributed by atoms with E-state index in [1.807, 2.05) is 0 Å². The molecule has 0 aliphatic carbocycles. The third-order valence-electron chi connectivity index (χ3n) is 3.89. The Balaban J connectivity index is 2.84. The Morgan fingerprint density at radius 2 is 1.00 bits per heavy atom. The molecule has 14 heteroatoms. The molecule has 2 rings (SSSR count). The van der Waals surface area contributed by atoms with E-state index in [2.05, 4.69) is 0 Å². The summed E-state index contributed by atoms with van der Waals surface area (Å²) in [7, 11) is 0. The molecule has 2 nitrogen and oxygen atoms in total. The maximum atomic E-state index is 13.2. The summed E-state index contributed by atoms with van der Waals surface area (Å²) in [5.41, 5.74) is -7.93. The number of benzene rings is 2. The van der Waals surface area contributed by atoms with Crippen molar-refractivity contribution in [1.29, 1.82) is 0 Å². The van der Waals surface area contributed by atoms with Crippen LogP contribution in [-0.4, -0.2) is 5.78 Å². The highest BCUT2D eigenvalue weighted by atomic mass is 19.4. The van der Waals surface area contributed by atoms with E-state index >= 15 is 0 Å². The van der Waals surface area contributed by atoms with Gasteiger partial charge in [-0.25, -0.2) is 0 Å². The fourth-order valence-electron chi connectivity index (χ4n) is 2.53. The maximum absolute atomic E-state index is 13.2. The minimum absolute atomic E-state index is 0.193. The number of rotatable bonds is 2. The van der Waals surface area contributed by atoms with Crippen LogP contribution in [0.4, 0.5) is 58.4 Å². The summed E-state index contributed by atoms with van der Waals surface area (Å²) in [4.78, 5) is 12.4. The van der Waals surface area contributed by atoms with Gasteiger partial charge >= 0.3 is 24.7 Å². The van der Waals surface area contributed by atoms with Gasteiger partial charge in [-0.2, -0.15) is 52.7 Å². The Bertz CT molecular complexity index is 980. The van der Waals surface area contributed by atoms with Gasteiger partial charge < -0.3 is 5.73 Å². The number of nitrogen functional groups attached to an aromatic ring is 1. The lowest BCUT2D eigenvalue weighted by atomic mass is 9.92. The summed E-state index contributed by atoms with van der Waals surface area (Å²) in [6.45, 7) is 0. The van der Waals surface area contributed by atoms with Gasteiger partial charge in [0.1, 0.15) is 0 Å². The maximum Gasteiger partial charge on any atom is 0.418 e. The number of anilines is 1. The van der Waals surface area contributed by atoms with Crippen molar-refractivity contribution in [1.82, 2.24) is 0 Å². The standard InChI is InChI=1S/C17H7F12NO/c18-14(19,20)7-1-6(2-8(3-7)15(21,22)23)13(31)9-4-11(17(27,28)29)12(30)5-10(9)16(24,25)26/h1-5H,30H2. The number of hydrogen-bond acceptors (Lipinski definition) is 2. The number of ketones is 1. The zero-order valence-corrected chi connectivity index (χ0v) is 14.4. The monoisotopic (exact) mass is 469 g/mol. The molecular weight excluding hydrogens is 462 g/mol. The molecule has 2 aromatic carbocycles. The van der Waals surface area contributed by atoms with Crippen molar-refractivity contribution < 1.29 is 57.5 Å². The van der Waals surface area contributed by atoms with Crippen molar-refractivity contribution >= 4 is 11.5 Å². The number of carbonyl (C=O) groups is 1. The number of carbonyl (C=O) groups excluding carboxylic acids is 1. The first-order valence-electron chi connectivity index (χ1n) is 7.65. The van der Waals surface area contributed by atoms with Crippen LogP contribution < -0.4 is 5.73 Å². The van der Waals surface area contributed by atoms with Gasteiger partial charge in [-0.15, -0.1) is 0 Å². The number of nitrogens with two attached hydrogens (primary N) is 1. The van der Waals surface area contributed by atoms with E-state index in [0.29, 0.717) is 0 Å². The summed E-state index contributed by atoms with van der Waals surface area (Å²) in [5, 5.41) is 0. The minimum atomic E-state index is -5.50. The van der Waals surface area contributed by atoms with Crippen molar-refractivity contribution in [3.63, 3.8) is 0 Å². The SMILES string of the molecule is Nc1cc(C(F)(F)F)c(C(=O)c2cc(C(F)(F)F)cc(C(F)(F)F)c2)cc1C(F)(F)F. The predicted octanol–water partition coefficient (Wildman–Crippen LogP) is 6.58. The van der Waals surface area contributed by atoms with Crippen LogP contribution in [-0.2, 0) is 24.7 Å². The van der Waals surface area contributed by atoms with E-state index in [-0.39, 0.29) is 24.3 Å². The molecule has 0 saturated carbocycles. The normalized spacial score (nSPS) is 13.4. The summed E-state index contributed by atoms with van der Waals surface area (Å²) >= 11 is 0. The lowest BCUT2D eigenvalue weighted by Crippen LogP contribution is -2.19. The van der Waals surface area contributed by atoms with Crippen molar-refractivity contribution in [2.24, 2.45) is 0 Å². The minimum Gasteiger partial charge on any atom is -0.398 e. The van der Waals surface area contributed by atoms with E-state index in [1.54, 1.807) is 0 Å². The van der Waals surface area contributed by atoms with E-state index in [0.717, 1.165) is 0 Å². The van der Waals surface area contributed by atoms with Crippen LogP contribution in [0, 0.1) is 0 Å². The van der Waals surface area contributed by atoms with E-state index < -0.39 is 75.6 Å². The number of hydrogen-bond donors (Lipinski definition) is 1. The Kier molecular flexibility index (Phi) is 5.76. The first-order chi connectivity index (χ1) is 13.7. The molecule has 0 saturated heterocycles. The molecule has 170 valence electrons. The molecule has 31 heavy (non-hydrogen) atoms. The van der Waals surface area contributed by atoms with E-state index in [9.17, 15) is 57.5 Å². The zero-order chi connectivity index (χ0) is 24.2. The van der Waals surface area contributed by atoms with E-state index in [4.69, 9.17) is 5.73 Å². The van der Waals surface area contributed by atoms with Crippen LogP contribution in [0.5, 0.6) is 0 Å². The second-order valence-corrected chi connectivity index (χ2v) is 6.10. The summed E-state index contributed by atoms with van der Waals surface area (Å²) in [6, 6.07) is -1.42. The number of alkyl halides is 12. The predicted molar refractivity (Wildman–Crippen MR) is 80.7 cm³/mol. The second kappa shape index (κ2) is 7.34. The Morgan fingerprint density at radius 1 is 0.581 bits per heavy atom. The molecule has 0 heterocycles. The van der Waals surface area contributed by atoms with Gasteiger partial charge in [0.2, 0.25) is 0 Å². The van der Waals surface area contributed by atoms with Gasteiger partial charge in [-0.05, 0) is 30.3 Å². The third-order valence-corrected chi connectivity index (χ3v) is 3.89. The summed E-state index contributed by atoms with van der Waals surface area (Å²) in [6.07, 6.45) is -21.8. The molecule has 0 aromatic heterocycles. The first kappa shape index (κ1) is 24.3. The topological polar surface area (TPSA) is 43.1 Å². The van der Waals surface area contributed by atoms with Crippen LogP contribution in [0.1, 0.15) is 38.2 Å². The largest absolute Gasteiger partial charge is 0.418 e. The average Bonchev–Trinajstić information content (AvgIpc) is 2.57. The second-order valence-electron chi connectivity index (χ2n) is 6.10. The highest BCUT2D eigenvalue weighted by molar-refractivity contribution is 6.10. The Hall–Kier alpha value is -2.93. The van der Waals surface area contributed by atoms with Crippen LogP contribution in [0.25, 0.3) is 0 Å². The number of halogens is 12. The Morgan fingerprint density at radius 3 is 1.35 bits per heavy atom. The molecular formula is C17H7F12NO. The Labute approximate surface area is 164 Å². The van der Waals surface area contributed by atoms with Crippen molar-refractivity contribution in [3.8, 4) is 0 Å². The fourth-order valence-corrected chi connectivity index (χ4v) is 2.53. The third kappa shape index (κ3) is 5.22. The molecule has 0 aliphatic heterocycles. The van der Waals surface area contributed by atoms with Gasteiger partial charge in [-0.3, -0.25) is 4.79 Å². The van der Waals surface area contributed by atoms with Crippen molar-refractivity contribution in [2.75, 3.05) is 5.73 Å². The lowest BCUT2D eigenvalue weighted by molar-refractivity contribution is -0.143.